The second-order valence-corrected chi connectivity index (χ2v) is 4.00. The van der Waals surface area contributed by atoms with Crippen LogP contribution in [0.15, 0.2) is 6.20 Å². The van der Waals surface area contributed by atoms with Crippen LogP contribution in [0.1, 0.15) is 29.5 Å². The minimum atomic E-state index is -0.693. The highest BCUT2D eigenvalue weighted by Crippen LogP contribution is 2.52. The van der Waals surface area contributed by atoms with Gasteiger partial charge in [-0.3, -0.25) is 0 Å². The monoisotopic (exact) mass is 193 g/mol. The van der Waals surface area contributed by atoms with Crippen molar-refractivity contribution in [3.63, 3.8) is 0 Å². The molecule has 0 spiro atoms. The Labute approximate surface area is 80.6 Å². The van der Waals surface area contributed by atoms with E-state index in [9.17, 15) is 10.2 Å². The average Bonchev–Trinajstić information content (AvgIpc) is 2.65. The van der Waals surface area contributed by atoms with Crippen LogP contribution in [0, 0.1) is 0 Å². The summed E-state index contributed by atoms with van der Waals surface area (Å²) in [6.45, 7) is 0. The molecule has 0 saturated heterocycles. The van der Waals surface area contributed by atoms with Crippen molar-refractivity contribution < 1.29 is 10.2 Å². The number of nitrogen functional groups attached to an aromatic ring is 1. The van der Waals surface area contributed by atoms with E-state index >= 15 is 0 Å². The highest BCUT2D eigenvalue weighted by atomic mass is 16.3. The number of hydrogen-bond acceptors (Lipinski definition) is 5. The van der Waals surface area contributed by atoms with Crippen molar-refractivity contribution in [1.82, 2.24) is 9.97 Å². The Bertz CT molecular complexity index is 396. The zero-order chi connectivity index (χ0) is 9.87. The fraction of sp³-hybridized carbons (Fsp3) is 0.556. The number of anilines is 1. The van der Waals surface area contributed by atoms with Crippen LogP contribution in [0.3, 0.4) is 0 Å². The van der Waals surface area contributed by atoms with E-state index in [2.05, 4.69) is 9.97 Å². The van der Waals surface area contributed by atoms with Gasteiger partial charge in [0.25, 0.3) is 0 Å². The zero-order valence-electron chi connectivity index (χ0n) is 7.46. The molecule has 0 amide bonds. The summed E-state index contributed by atoms with van der Waals surface area (Å²) in [5.74, 6) is 0.166. The molecule has 0 aliphatic heterocycles. The van der Waals surface area contributed by atoms with Crippen LogP contribution in [0.25, 0.3) is 0 Å². The molecule has 5 nitrogen and oxygen atoms in total. The van der Waals surface area contributed by atoms with Crippen molar-refractivity contribution >= 4 is 5.95 Å². The van der Waals surface area contributed by atoms with Crippen LogP contribution in [-0.2, 0) is 0 Å². The summed E-state index contributed by atoms with van der Waals surface area (Å²) in [6, 6.07) is 0. The average molecular weight is 193 g/mol. The summed E-state index contributed by atoms with van der Waals surface area (Å²) in [4.78, 5) is 8.02. The molecule has 2 aliphatic rings. The first kappa shape index (κ1) is 8.14. The van der Waals surface area contributed by atoms with E-state index in [1.54, 1.807) is 6.20 Å². The second kappa shape index (κ2) is 2.43. The molecular formula is C9H11N3O2. The molecule has 2 bridgehead atoms. The molecule has 0 aromatic carbocycles. The summed E-state index contributed by atoms with van der Waals surface area (Å²) in [5.41, 5.74) is 7.24. The third-order valence-corrected chi connectivity index (χ3v) is 3.30. The summed E-state index contributed by atoms with van der Waals surface area (Å²) in [6.07, 6.45) is 1.06. The SMILES string of the molecule is Nc1ncc2c(n1)[C@@H]1C[C@H]2[C@@H](O)[C@H]1O. The van der Waals surface area contributed by atoms with Gasteiger partial charge in [0.2, 0.25) is 5.95 Å². The van der Waals surface area contributed by atoms with Crippen molar-refractivity contribution in [2.45, 2.75) is 30.5 Å². The number of rotatable bonds is 0. The molecule has 1 saturated carbocycles. The van der Waals surface area contributed by atoms with Gasteiger partial charge in [0.1, 0.15) is 0 Å². The molecule has 1 aromatic heterocycles. The fourth-order valence-corrected chi connectivity index (χ4v) is 2.61. The molecule has 0 radical (unpaired) electrons. The maximum atomic E-state index is 9.67. The van der Waals surface area contributed by atoms with Crippen LogP contribution < -0.4 is 5.73 Å². The molecule has 4 N–H and O–H groups in total. The van der Waals surface area contributed by atoms with Crippen LogP contribution in [-0.4, -0.2) is 32.4 Å². The standard InChI is InChI=1S/C9H11N3O2/c10-9-11-2-5-3-1-4(6(5)12-9)8(14)7(3)13/h2-4,7-8,13-14H,1H2,(H2,10,11,12)/t3-,4+,7-,8+/m1/s1. The van der Waals surface area contributed by atoms with Crippen LogP contribution in [0.2, 0.25) is 0 Å². The van der Waals surface area contributed by atoms with Gasteiger partial charge >= 0.3 is 0 Å². The molecule has 1 aromatic rings. The van der Waals surface area contributed by atoms with Gasteiger partial charge < -0.3 is 15.9 Å². The summed E-state index contributed by atoms with van der Waals surface area (Å²) in [5, 5.41) is 19.3. The number of hydrogen-bond donors (Lipinski definition) is 3. The molecule has 14 heavy (non-hydrogen) atoms. The molecule has 1 heterocycles. The van der Waals surface area contributed by atoms with E-state index in [1.807, 2.05) is 0 Å². The number of aliphatic hydroxyl groups is 2. The van der Waals surface area contributed by atoms with Crippen molar-refractivity contribution in [1.29, 1.82) is 0 Å². The van der Waals surface area contributed by atoms with Gasteiger partial charge in [-0.05, 0) is 12.0 Å². The molecule has 1 fully saturated rings. The number of nitrogens with two attached hydrogens (primary N) is 1. The predicted octanol–water partition coefficient (Wildman–Crippen LogP) is -0.635. The predicted molar refractivity (Wildman–Crippen MR) is 48.6 cm³/mol. The Hall–Kier alpha value is -1.20. The van der Waals surface area contributed by atoms with E-state index in [1.165, 1.54) is 0 Å². The maximum Gasteiger partial charge on any atom is 0.220 e. The molecule has 74 valence electrons. The Morgan fingerprint density at radius 3 is 2.79 bits per heavy atom. The molecule has 3 rings (SSSR count). The van der Waals surface area contributed by atoms with Gasteiger partial charge in [0.05, 0.1) is 17.9 Å². The Kier molecular flexibility index (Phi) is 1.41. The number of aromatic nitrogens is 2. The third kappa shape index (κ3) is 0.809. The number of fused-ring (bicyclic) bond motifs is 5. The van der Waals surface area contributed by atoms with Crippen LogP contribution in [0.4, 0.5) is 5.95 Å². The van der Waals surface area contributed by atoms with E-state index in [0.717, 1.165) is 17.7 Å². The fourth-order valence-electron chi connectivity index (χ4n) is 2.61. The normalized spacial score (nSPS) is 38.7. The lowest BCUT2D eigenvalue weighted by molar-refractivity contribution is 0.0207. The van der Waals surface area contributed by atoms with Gasteiger partial charge in [0.15, 0.2) is 0 Å². The first-order valence-electron chi connectivity index (χ1n) is 4.67. The first-order valence-corrected chi connectivity index (χ1v) is 4.67. The van der Waals surface area contributed by atoms with Crippen LogP contribution in [0.5, 0.6) is 0 Å². The highest BCUT2D eigenvalue weighted by Gasteiger charge is 2.51. The van der Waals surface area contributed by atoms with Crippen LogP contribution >= 0.6 is 0 Å². The molecular weight excluding hydrogens is 182 g/mol. The largest absolute Gasteiger partial charge is 0.390 e. The number of aliphatic hydroxyl groups excluding tert-OH is 2. The molecule has 4 atom stereocenters. The van der Waals surface area contributed by atoms with Crippen molar-refractivity contribution in [3.8, 4) is 0 Å². The maximum absolute atomic E-state index is 9.67. The van der Waals surface area contributed by atoms with E-state index in [-0.39, 0.29) is 17.8 Å². The highest BCUT2D eigenvalue weighted by molar-refractivity contribution is 5.41. The smallest absolute Gasteiger partial charge is 0.220 e. The zero-order valence-corrected chi connectivity index (χ0v) is 7.46. The number of nitrogens with zero attached hydrogens (tertiary/aromatic N) is 2. The summed E-state index contributed by atoms with van der Waals surface area (Å²) >= 11 is 0. The lowest BCUT2D eigenvalue weighted by Crippen LogP contribution is -2.31. The topological polar surface area (TPSA) is 92.3 Å². The van der Waals surface area contributed by atoms with Gasteiger partial charge in [-0.2, -0.15) is 0 Å². The molecule has 5 heteroatoms. The van der Waals surface area contributed by atoms with Gasteiger partial charge in [-0.1, -0.05) is 0 Å². The van der Waals surface area contributed by atoms with Crippen molar-refractivity contribution in [2.24, 2.45) is 0 Å². The van der Waals surface area contributed by atoms with E-state index in [4.69, 9.17) is 5.73 Å². The van der Waals surface area contributed by atoms with Gasteiger partial charge in [0, 0.05) is 18.0 Å². The van der Waals surface area contributed by atoms with Gasteiger partial charge in [-0.15, -0.1) is 0 Å². The van der Waals surface area contributed by atoms with Gasteiger partial charge in [-0.25, -0.2) is 9.97 Å². The molecule has 0 unspecified atom stereocenters. The Morgan fingerprint density at radius 2 is 2.00 bits per heavy atom. The van der Waals surface area contributed by atoms with Crippen molar-refractivity contribution in [2.75, 3.05) is 5.73 Å². The third-order valence-electron chi connectivity index (χ3n) is 3.30. The molecule has 2 aliphatic carbocycles. The minimum Gasteiger partial charge on any atom is -0.390 e. The Balaban J connectivity index is 2.15. The summed E-state index contributed by atoms with van der Waals surface area (Å²) in [7, 11) is 0. The lowest BCUT2D eigenvalue weighted by atomic mass is 9.92. The first-order chi connectivity index (χ1) is 6.68. The second-order valence-electron chi connectivity index (χ2n) is 4.00. The Morgan fingerprint density at radius 1 is 1.29 bits per heavy atom. The summed E-state index contributed by atoms with van der Waals surface area (Å²) < 4.78 is 0. The quantitative estimate of drug-likeness (QED) is 0.510. The van der Waals surface area contributed by atoms with E-state index < -0.39 is 12.2 Å². The van der Waals surface area contributed by atoms with Crippen molar-refractivity contribution in [3.05, 3.63) is 17.5 Å². The lowest BCUT2D eigenvalue weighted by Gasteiger charge is -2.23. The van der Waals surface area contributed by atoms with E-state index in [0.29, 0.717) is 0 Å². The minimum absolute atomic E-state index is 0.00870.